The molecule has 2 atom stereocenters. The van der Waals surface area contributed by atoms with Gasteiger partial charge in [-0.1, -0.05) is 12.1 Å². The summed E-state index contributed by atoms with van der Waals surface area (Å²) in [5.74, 6) is 2.06. The first kappa shape index (κ1) is 13.5. The fourth-order valence-electron chi connectivity index (χ4n) is 2.40. The number of aromatic nitrogens is 2. The summed E-state index contributed by atoms with van der Waals surface area (Å²) in [6, 6.07) is 0. The summed E-state index contributed by atoms with van der Waals surface area (Å²) in [7, 11) is 0. The van der Waals surface area contributed by atoms with Gasteiger partial charge in [0.1, 0.15) is 6.10 Å². The SMILES string of the molecule is CCOC(CC)c1noc(CC2CCCNC2)n1. The molecule has 5 nitrogen and oxygen atoms in total. The Balaban J connectivity index is 1.92. The highest BCUT2D eigenvalue weighted by molar-refractivity contribution is 4.92. The van der Waals surface area contributed by atoms with Gasteiger partial charge in [0.05, 0.1) is 0 Å². The van der Waals surface area contributed by atoms with Gasteiger partial charge in [0.15, 0.2) is 0 Å². The van der Waals surface area contributed by atoms with Crippen LogP contribution in [0, 0.1) is 5.92 Å². The summed E-state index contributed by atoms with van der Waals surface area (Å²) in [5, 5.41) is 7.44. The number of rotatable bonds is 6. The van der Waals surface area contributed by atoms with Crippen molar-refractivity contribution in [1.29, 1.82) is 0 Å². The molecule has 1 aliphatic rings. The largest absolute Gasteiger partial charge is 0.370 e. The van der Waals surface area contributed by atoms with Crippen LogP contribution in [0.1, 0.15) is 50.9 Å². The molecule has 1 aromatic rings. The van der Waals surface area contributed by atoms with Crippen molar-refractivity contribution in [3.05, 3.63) is 11.7 Å². The van der Waals surface area contributed by atoms with Crippen molar-refractivity contribution in [3.63, 3.8) is 0 Å². The van der Waals surface area contributed by atoms with Crippen LogP contribution < -0.4 is 5.32 Å². The Morgan fingerprint density at radius 1 is 1.50 bits per heavy atom. The van der Waals surface area contributed by atoms with E-state index >= 15 is 0 Å². The first-order valence-electron chi connectivity index (χ1n) is 6.98. The average molecular weight is 253 g/mol. The molecule has 1 fully saturated rings. The predicted octanol–water partition coefficient (Wildman–Crippen LogP) is 2.10. The third-order valence-corrected chi connectivity index (χ3v) is 3.37. The molecule has 0 saturated carbocycles. The zero-order chi connectivity index (χ0) is 12.8. The lowest BCUT2D eigenvalue weighted by molar-refractivity contribution is 0.0518. The van der Waals surface area contributed by atoms with E-state index < -0.39 is 0 Å². The Morgan fingerprint density at radius 2 is 2.39 bits per heavy atom. The van der Waals surface area contributed by atoms with Crippen LogP contribution in [0.5, 0.6) is 0 Å². The molecule has 0 radical (unpaired) electrons. The Hall–Kier alpha value is -0.940. The van der Waals surface area contributed by atoms with Crippen LogP contribution in [0.2, 0.25) is 0 Å². The zero-order valence-electron chi connectivity index (χ0n) is 11.3. The monoisotopic (exact) mass is 253 g/mol. The molecule has 2 heterocycles. The van der Waals surface area contributed by atoms with Gasteiger partial charge in [-0.05, 0) is 45.2 Å². The highest BCUT2D eigenvalue weighted by Crippen LogP contribution is 2.20. The molecule has 1 aliphatic heterocycles. The van der Waals surface area contributed by atoms with Gasteiger partial charge in [0.25, 0.3) is 0 Å². The molecule has 1 saturated heterocycles. The van der Waals surface area contributed by atoms with Crippen LogP contribution in [0.3, 0.4) is 0 Å². The predicted molar refractivity (Wildman–Crippen MR) is 68.3 cm³/mol. The van der Waals surface area contributed by atoms with E-state index in [1.807, 2.05) is 6.92 Å². The standard InChI is InChI=1S/C13H23N3O2/c1-3-11(17-4-2)13-15-12(18-16-13)8-10-6-5-7-14-9-10/h10-11,14H,3-9H2,1-2H3. The summed E-state index contributed by atoms with van der Waals surface area (Å²) in [4.78, 5) is 4.46. The molecule has 1 aromatic heterocycles. The van der Waals surface area contributed by atoms with E-state index in [2.05, 4.69) is 22.4 Å². The van der Waals surface area contributed by atoms with Crippen molar-refractivity contribution in [2.75, 3.05) is 19.7 Å². The second-order valence-corrected chi connectivity index (χ2v) is 4.82. The van der Waals surface area contributed by atoms with Gasteiger partial charge in [0, 0.05) is 13.0 Å². The second kappa shape index (κ2) is 6.85. The summed E-state index contributed by atoms with van der Waals surface area (Å²) < 4.78 is 10.9. The van der Waals surface area contributed by atoms with E-state index in [4.69, 9.17) is 9.26 Å². The fourth-order valence-corrected chi connectivity index (χ4v) is 2.40. The van der Waals surface area contributed by atoms with Crippen molar-refractivity contribution in [2.45, 2.75) is 45.6 Å². The lowest BCUT2D eigenvalue weighted by Crippen LogP contribution is -2.30. The van der Waals surface area contributed by atoms with Crippen LogP contribution in [0.4, 0.5) is 0 Å². The zero-order valence-corrected chi connectivity index (χ0v) is 11.3. The second-order valence-electron chi connectivity index (χ2n) is 4.82. The molecular weight excluding hydrogens is 230 g/mol. The molecule has 2 unspecified atom stereocenters. The van der Waals surface area contributed by atoms with Crippen molar-refractivity contribution in [2.24, 2.45) is 5.92 Å². The Bertz CT molecular complexity index is 348. The smallest absolute Gasteiger partial charge is 0.227 e. The molecule has 2 rings (SSSR count). The number of ether oxygens (including phenoxy) is 1. The molecule has 0 spiro atoms. The number of piperidine rings is 1. The molecule has 0 aliphatic carbocycles. The van der Waals surface area contributed by atoms with Crippen LogP contribution in [0.15, 0.2) is 4.52 Å². The average Bonchev–Trinajstić information content (AvgIpc) is 2.85. The molecule has 0 amide bonds. The minimum absolute atomic E-state index is 0.0306. The van der Waals surface area contributed by atoms with Crippen molar-refractivity contribution < 1.29 is 9.26 Å². The first-order valence-corrected chi connectivity index (χ1v) is 6.98. The maximum absolute atomic E-state index is 5.58. The Kier molecular flexibility index (Phi) is 5.13. The van der Waals surface area contributed by atoms with Gasteiger partial charge in [0.2, 0.25) is 11.7 Å². The normalized spacial score (nSPS) is 22.0. The maximum atomic E-state index is 5.58. The van der Waals surface area contributed by atoms with Crippen LogP contribution in [0.25, 0.3) is 0 Å². The van der Waals surface area contributed by atoms with Gasteiger partial charge in [-0.15, -0.1) is 0 Å². The molecule has 5 heteroatoms. The third kappa shape index (κ3) is 3.53. The van der Waals surface area contributed by atoms with Gasteiger partial charge >= 0.3 is 0 Å². The minimum Gasteiger partial charge on any atom is -0.370 e. The molecule has 18 heavy (non-hydrogen) atoms. The van der Waals surface area contributed by atoms with Crippen molar-refractivity contribution >= 4 is 0 Å². The van der Waals surface area contributed by atoms with E-state index in [9.17, 15) is 0 Å². The van der Waals surface area contributed by atoms with E-state index in [1.165, 1.54) is 12.8 Å². The van der Waals surface area contributed by atoms with Gasteiger partial charge in [-0.2, -0.15) is 4.98 Å². The van der Waals surface area contributed by atoms with Gasteiger partial charge < -0.3 is 14.6 Å². The topological polar surface area (TPSA) is 60.2 Å². The molecular formula is C13H23N3O2. The van der Waals surface area contributed by atoms with E-state index in [-0.39, 0.29) is 6.10 Å². The van der Waals surface area contributed by atoms with E-state index in [1.54, 1.807) is 0 Å². The summed E-state index contributed by atoms with van der Waals surface area (Å²) in [5.41, 5.74) is 0. The highest BCUT2D eigenvalue weighted by atomic mass is 16.5. The van der Waals surface area contributed by atoms with Crippen LogP contribution in [-0.4, -0.2) is 29.8 Å². The first-order chi connectivity index (χ1) is 8.83. The molecule has 0 aromatic carbocycles. The summed E-state index contributed by atoms with van der Waals surface area (Å²) in [6.07, 6.45) is 4.20. The third-order valence-electron chi connectivity index (χ3n) is 3.37. The number of hydrogen-bond donors (Lipinski definition) is 1. The minimum atomic E-state index is -0.0306. The Labute approximate surface area is 108 Å². The lowest BCUT2D eigenvalue weighted by atomic mass is 9.96. The number of nitrogens with one attached hydrogen (secondary N) is 1. The number of hydrogen-bond acceptors (Lipinski definition) is 5. The molecule has 102 valence electrons. The van der Waals surface area contributed by atoms with E-state index in [0.717, 1.165) is 31.8 Å². The lowest BCUT2D eigenvalue weighted by Gasteiger charge is -2.20. The van der Waals surface area contributed by atoms with Crippen molar-refractivity contribution in [3.8, 4) is 0 Å². The van der Waals surface area contributed by atoms with Crippen LogP contribution >= 0.6 is 0 Å². The fraction of sp³-hybridized carbons (Fsp3) is 0.846. The summed E-state index contributed by atoms with van der Waals surface area (Å²) >= 11 is 0. The molecule has 1 N–H and O–H groups in total. The van der Waals surface area contributed by atoms with E-state index in [0.29, 0.717) is 18.3 Å². The van der Waals surface area contributed by atoms with Crippen LogP contribution in [-0.2, 0) is 11.2 Å². The molecule has 0 bridgehead atoms. The quantitative estimate of drug-likeness (QED) is 0.841. The number of nitrogens with zero attached hydrogens (tertiary/aromatic N) is 2. The van der Waals surface area contributed by atoms with Gasteiger partial charge in [-0.25, -0.2) is 0 Å². The van der Waals surface area contributed by atoms with Gasteiger partial charge in [-0.3, -0.25) is 0 Å². The highest BCUT2D eigenvalue weighted by Gasteiger charge is 2.20. The maximum Gasteiger partial charge on any atom is 0.227 e. The Morgan fingerprint density at radius 3 is 3.06 bits per heavy atom. The summed E-state index contributed by atoms with van der Waals surface area (Å²) in [6.45, 7) is 6.92. The van der Waals surface area contributed by atoms with Crippen molar-refractivity contribution in [1.82, 2.24) is 15.5 Å².